The van der Waals surface area contributed by atoms with Gasteiger partial charge in [0, 0.05) is 32.3 Å². The van der Waals surface area contributed by atoms with Crippen LogP contribution in [0.5, 0.6) is 0 Å². The Kier molecular flexibility index (Phi) is 7.28. The predicted molar refractivity (Wildman–Crippen MR) is 91.3 cm³/mol. The number of hydrogen-bond acceptors (Lipinski definition) is 4. The Balaban J connectivity index is 1.85. The van der Waals surface area contributed by atoms with E-state index >= 15 is 0 Å². The van der Waals surface area contributed by atoms with Crippen LogP contribution in [0.25, 0.3) is 0 Å². The van der Waals surface area contributed by atoms with Crippen molar-refractivity contribution in [3.8, 4) is 0 Å². The van der Waals surface area contributed by atoms with Crippen molar-refractivity contribution in [1.29, 1.82) is 0 Å². The van der Waals surface area contributed by atoms with Crippen LogP contribution in [-0.4, -0.2) is 34.6 Å². The Morgan fingerprint density at radius 3 is 2.62 bits per heavy atom. The molecule has 1 aromatic rings. The number of nitrogens with one attached hydrogen (secondary N) is 1. The Bertz CT molecular complexity index is 533. The molecule has 0 bridgehead atoms. The first-order valence-corrected chi connectivity index (χ1v) is 8.93. The fourth-order valence-corrected chi connectivity index (χ4v) is 3.37. The number of aryl methyl sites for hydroxylation is 1. The third kappa shape index (κ3) is 5.65. The van der Waals surface area contributed by atoms with Gasteiger partial charge in [-0.15, -0.1) is 0 Å². The molecule has 1 fully saturated rings. The molecule has 0 aliphatic heterocycles. The highest BCUT2D eigenvalue weighted by Crippen LogP contribution is 2.26. The van der Waals surface area contributed by atoms with Crippen LogP contribution in [0.1, 0.15) is 57.2 Å². The Morgan fingerprint density at radius 2 is 2.04 bits per heavy atom. The lowest BCUT2D eigenvalue weighted by molar-refractivity contribution is -0.145. The molecule has 0 spiro atoms. The maximum atomic E-state index is 12.3. The van der Waals surface area contributed by atoms with Crippen molar-refractivity contribution in [2.75, 3.05) is 7.11 Å². The van der Waals surface area contributed by atoms with E-state index < -0.39 is 12.0 Å². The van der Waals surface area contributed by atoms with E-state index in [2.05, 4.69) is 10.3 Å². The first-order chi connectivity index (χ1) is 11.6. The second-order valence-electron chi connectivity index (χ2n) is 6.70. The normalized spacial score (nSPS) is 17.1. The predicted octanol–water partition coefficient (Wildman–Crippen LogP) is 2.37. The SMILES string of the molecule is COC(=O)C(Cc1nccn1C)NC(=O)CCC1CCCCCC1. The molecule has 1 unspecified atom stereocenters. The number of amides is 1. The average molecular weight is 335 g/mol. The molecule has 134 valence electrons. The maximum absolute atomic E-state index is 12.3. The molecular weight excluding hydrogens is 306 g/mol. The van der Waals surface area contributed by atoms with Crippen molar-refractivity contribution in [1.82, 2.24) is 14.9 Å². The first-order valence-electron chi connectivity index (χ1n) is 8.93. The molecule has 6 nitrogen and oxygen atoms in total. The van der Waals surface area contributed by atoms with E-state index in [0.717, 1.165) is 12.2 Å². The lowest BCUT2D eigenvalue weighted by Gasteiger charge is -2.18. The van der Waals surface area contributed by atoms with Gasteiger partial charge >= 0.3 is 5.97 Å². The summed E-state index contributed by atoms with van der Waals surface area (Å²) in [6.45, 7) is 0. The number of methoxy groups -OCH3 is 1. The summed E-state index contributed by atoms with van der Waals surface area (Å²) in [5, 5.41) is 2.82. The molecule has 1 atom stereocenters. The van der Waals surface area contributed by atoms with Crippen molar-refractivity contribution in [2.45, 2.75) is 63.8 Å². The minimum Gasteiger partial charge on any atom is -0.467 e. The topological polar surface area (TPSA) is 73.2 Å². The number of esters is 1. The fraction of sp³-hybridized carbons (Fsp3) is 0.722. The van der Waals surface area contributed by atoms with Gasteiger partial charge < -0.3 is 14.6 Å². The van der Waals surface area contributed by atoms with Crippen molar-refractivity contribution < 1.29 is 14.3 Å². The third-order valence-corrected chi connectivity index (χ3v) is 4.88. The number of carbonyl (C=O) groups is 2. The third-order valence-electron chi connectivity index (χ3n) is 4.88. The Morgan fingerprint density at radius 1 is 1.33 bits per heavy atom. The second-order valence-corrected chi connectivity index (χ2v) is 6.70. The number of imidazole rings is 1. The summed E-state index contributed by atoms with van der Waals surface area (Å²) in [7, 11) is 3.20. The van der Waals surface area contributed by atoms with Gasteiger partial charge in [-0.05, 0) is 12.3 Å². The van der Waals surface area contributed by atoms with Gasteiger partial charge in [0.2, 0.25) is 5.91 Å². The van der Waals surface area contributed by atoms with E-state index in [0.29, 0.717) is 18.8 Å². The van der Waals surface area contributed by atoms with Crippen LogP contribution in [0.3, 0.4) is 0 Å². The summed E-state index contributed by atoms with van der Waals surface area (Å²) in [4.78, 5) is 28.4. The van der Waals surface area contributed by atoms with Crippen LogP contribution in [0.2, 0.25) is 0 Å². The molecule has 24 heavy (non-hydrogen) atoms. The van der Waals surface area contributed by atoms with E-state index in [1.165, 1.54) is 45.6 Å². The van der Waals surface area contributed by atoms with E-state index in [4.69, 9.17) is 4.74 Å². The summed E-state index contributed by atoms with van der Waals surface area (Å²) in [6.07, 6.45) is 12.8. The molecule has 6 heteroatoms. The van der Waals surface area contributed by atoms with E-state index in [9.17, 15) is 9.59 Å². The number of ether oxygens (including phenoxy) is 1. The van der Waals surface area contributed by atoms with Gasteiger partial charge in [0.25, 0.3) is 0 Å². The van der Waals surface area contributed by atoms with Gasteiger partial charge in [0.1, 0.15) is 11.9 Å². The van der Waals surface area contributed by atoms with Crippen molar-refractivity contribution in [3.05, 3.63) is 18.2 Å². The smallest absolute Gasteiger partial charge is 0.328 e. The van der Waals surface area contributed by atoms with Gasteiger partial charge in [-0.2, -0.15) is 0 Å². The van der Waals surface area contributed by atoms with Gasteiger partial charge in [-0.3, -0.25) is 4.79 Å². The average Bonchev–Trinajstić information content (AvgIpc) is 2.83. The van der Waals surface area contributed by atoms with Crippen LogP contribution >= 0.6 is 0 Å². The molecule has 1 aliphatic rings. The molecule has 0 saturated heterocycles. The van der Waals surface area contributed by atoms with Gasteiger partial charge in [0.05, 0.1) is 7.11 Å². The van der Waals surface area contributed by atoms with E-state index in [1.54, 1.807) is 6.20 Å². The summed E-state index contributed by atoms with van der Waals surface area (Å²) in [5.41, 5.74) is 0. The summed E-state index contributed by atoms with van der Waals surface area (Å²) in [6, 6.07) is -0.683. The molecule has 2 rings (SSSR count). The molecular formula is C18H29N3O3. The molecule has 1 saturated carbocycles. The van der Waals surface area contributed by atoms with E-state index in [-0.39, 0.29) is 5.91 Å². The fourth-order valence-electron chi connectivity index (χ4n) is 3.37. The molecule has 1 amide bonds. The minimum absolute atomic E-state index is 0.0798. The second kappa shape index (κ2) is 9.45. The number of hydrogen-bond donors (Lipinski definition) is 1. The summed E-state index contributed by atoms with van der Waals surface area (Å²) >= 11 is 0. The lowest BCUT2D eigenvalue weighted by atomic mass is 9.95. The van der Waals surface area contributed by atoms with Crippen LogP contribution in [-0.2, 0) is 27.8 Å². The highest BCUT2D eigenvalue weighted by molar-refractivity contribution is 5.84. The number of nitrogens with zero attached hydrogens (tertiary/aromatic N) is 2. The molecule has 1 aliphatic carbocycles. The first kappa shape index (κ1) is 18.5. The Hall–Kier alpha value is -1.85. The van der Waals surface area contributed by atoms with Crippen molar-refractivity contribution in [3.63, 3.8) is 0 Å². The molecule has 1 heterocycles. The molecule has 1 N–H and O–H groups in total. The zero-order valence-electron chi connectivity index (χ0n) is 14.8. The Labute approximate surface area is 144 Å². The van der Waals surface area contributed by atoms with Gasteiger partial charge in [-0.1, -0.05) is 38.5 Å². The zero-order valence-corrected chi connectivity index (χ0v) is 14.8. The van der Waals surface area contributed by atoms with Crippen molar-refractivity contribution >= 4 is 11.9 Å². The van der Waals surface area contributed by atoms with E-state index in [1.807, 2.05) is 17.8 Å². The van der Waals surface area contributed by atoms with Crippen LogP contribution in [0.15, 0.2) is 12.4 Å². The highest BCUT2D eigenvalue weighted by atomic mass is 16.5. The van der Waals surface area contributed by atoms with Crippen LogP contribution in [0, 0.1) is 5.92 Å². The monoisotopic (exact) mass is 335 g/mol. The number of rotatable bonds is 7. The lowest BCUT2D eigenvalue weighted by Crippen LogP contribution is -2.43. The van der Waals surface area contributed by atoms with Crippen LogP contribution < -0.4 is 5.32 Å². The van der Waals surface area contributed by atoms with Gasteiger partial charge in [-0.25, -0.2) is 9.78 Å². The molecule has 0 radical (unpaired) electrons. The highest BCUT2D eigenvalue weighted by Gasteiger charge is 2.24. The quantitative estimate of drug-likeness (QED) is 0.613. The van der Waals surface area contributed by atoms with Gasteiger partial charge in [0.15, 0.2) is 0 Å². The minimum atomic E-state index is -0.683. The molecule has 0 aromatic carbocycles. The largest absolute Gasteiger partial charge is 0.467 e. The standard InChI is InChI=1S/C18H29N3O3/c1-21-12-11-19-16(21)13-15(18(23)24-2)20-17(22)10-9-14-7-5-3-4-6-8-14/h11-12,14-15H,3-10,13H2,1-2H3,(H,20,22). The summed E-state index contributed by atoms with van der Waals surface area (Å²) in [5.74, 6) is 0.878. The number of aromatic nitrogens is 2. The zero-order chi connectivity index (χ0) is 17.4. The van der Waals surface area contributed by atoms with Crippen LogP contribution in [0.4, 0.5) is 0 Å². The maximum Gasteiger partial charge on any atom is 0.328 e. The number of carbonyl (C=O) groups excluding carboxylic acids is 2. The van der Waals surface area contributed by atoms with Crippen molar-refractivity contribution in [2.24, 2.45) is 13.0 Å². The molecule has 1 aromatic heterocycles. The summed E-state index contributed by atoms with van der Waals surface area (Å²) < 4.78 is 6.66.